The first kappa shape index (κ1) is 18.0. The van der Waals surface area contributed by atoms with Crippen molar-refractivity contribution >= 4 is 12.6 Å². The summed E-state index contributed by atoms with van der Waals surface area (Å²) in [5, 5.41) is 0. The van der Waals surface area contributed by atoms with Crippen molar-refractivity contribution in [2.75, 3.05) is 7.11 Å². The molecule has 0 N–H and O–H groups in total. The molecule has 0 aliphatic carbocycles. The molecular weight excluding hydrogens is 327 g/mol. The van der Waals surface area contributed by atoms with Crippen LogP contribution in [0, 0.1) is 11.6 Å². The van der Waals surface area contributed by atoms with Gasteiger partial charge in [-0.1, -0.05) is 0 Å². The van der Waals surface area contributed by atoms with Crippen LogP contribution < -0.4 is 10.2 Å². The normalized spacial score (nSPS) is 18.6. The van der Waals surface area contributed by atoms with Crippen molar-refractivity contribution < 1.29 is 22.8 Å². The Bertz CT molecular complexity index is 749. The van der Waals surface area contributed by atoms with Gasteiger partial charge < -0.3 is 18.6 Å². The van der Waals surface area contributed by atoms with Gasteiger partial charge in [0.15, 0.2) is 0 Å². The molecule has 0 spiro atoms. The highest BCUT2D eigenvalue weighted by atomic mass is 19.1. The van der Waals surface area contributed by atoms with Gasteiger partial charge in [-0.3, -0.25) is 0 Å². The van der Waals surface area contributed by atoms with Gasteiger partial charge in [-0.05, 0) is 51.4 Å². The van der Waals surface area contributed by atoms with Crippen LogP contribution in [0.2, 0.25) is 0 Å². The van der Waals surface area contributed by atoms with E-state index in [4.69, 9.17) is 14.0 Å². The molecule has 2 aromatic rings. The number of halogens is 2. The van der Waals surface area contributed by atoms with Crippen molar-refractivity contribution in [3.63, 3.8) is 0 Å². The Kier molecular flexibility index (Phi) is 4.41. The fourth-order valence-corrected chi connectivity index (χ4v) is 2.71. The van der Waals surface area contributed by atoms with Gasteiger partial charge in [-0.2, -0.15) is 0 Å². The minimum Gasteiger partial charge on any atom is -0.495 e. The van der Waals surface area contributed by atoms with Gasteiger partial charge in [0.05, 0.1) is 24.9 Å². The van der Waals surface area contributed by atoms with E-state index in [1.807, 2.05) is 27.7 Å². The topological polar surface area (TPSA) is 32.6 Å². The number of benzene rings is 1. The Morgan fingerprint density at radius 1 is 1.08 bits per heavy atom. The number of rotatable bonds is 4. The maximum atomic E-state index is 14.5. The van der Waals surface area contributed by atoms with Gasteiger partial charge >= 0.3 is 7.12 Å². The van der Waals surface area contributed by atoms with E-state index in [-0.39, 0.29) is 12.1 Å². The van der Waals surface area contributed by atoms with Crippen molar-refractivity contribution in [2.45, 2.75) is 45.4 Å². The zero-order valence-corrected chi connectivity index (χ0v) is 15.1. The van der Waals surface area contributed by atoms with E-state index in [0.29, 0.717) is 11.2 Å². The van der Waals surface area contributed by atoms with Gasteiger partial charge in [0.25, 0.3) is 0 Å². The first-order valence-corrected chi connectivity index (χ1v) is 8.16. The molecular formula is C18H22BF2NO3. The average Bonchev–Trinajstić information content (AvgIpc) is 3.05. The standard InChI is InChI=1S/C18H22BF2NO3/c1-17(2)18(3,4)25-19(24-17)12-8-15(20)14(16(21)9-12)11-22-7-6-13(10-22)23-5/h6-10H,11H2,1-5H3. The van der Waals surface area contributed by atoms with E-state index >= 15 is 0 Å². The Morgan fingerprint density at radius 2 is 1.64 bits per heavy atom. The fourth-order valence-electron chi connectivity index (χ4n) is 2.71. The lowest BCUT2D eigenvalue weighted by atomic mass is 9.78. The lowest BCUT2D eigenvalue weighted by molar-refractivity contribution is 0.00578. The molecule has 3 rings (SSSR count). The summed E-state index contributed by atoms with van der Waals surface area (Å²) in [5.74, 6) is -0.621. The third kappa shape index (κ3) is 3.31. The van der Waals surface area contributed by atoms with Crippen LogP contribution in [0.15, 0.2) is 30.6 Å². The lowest BCUT2D eigenvalue weighted by Gasteiger charge is -2.32. The molecule has 1 aromatic heterocycles. The molecule has 0 bridgehead atoms. The number of nitrogens with zero attached hydrogens (tertiary/aromatic N) is 1. The second kappa shape index (κ2) is 6.14. The Balaban J connectivity index is 1.86. The molecule has 1 fully saturated rings. The first-order chi connectivity index (χ1) is 11.6. The summed E-state index contributed by atoms with van der Waals surface area (Å²) in [4.78, 5) is 0. The molecule has 134 valence electrons. The van der Waals surface area contributed by atoms with Gasteiger partial charge in [-0.25, -0.2) is 8.78 Å². The predicted molar refractivity (Wildman–Crippen MR) is 92.2 cm³/mol. The van der Waals surface area contributed by atoms with Crippen LogP contribution in [0.3, 0.4) is 0 Å². The number of methoxy groups -OCH3 is 1. The van der Waals surface area contributed by atoms with Crippen LogP contribution >= 0.6 is 0 Å². The molecule has 0 atom stereocenters. The first-order valence-electron chi connectivity index (χ1n) is 8.16. The maximum Gasteiger partial charge on any atom is 0.495 e. The Labute approximate surface area is 146 Å². The van der Waals surface area contributed by atoms with E-state index in [9.17, 15) is 8.78 Å². The van der Waals surface area contributed by atoms with Crippen molar-refractivity contribution in [1.29, 1.82) is 0 Å². The fraction of sp³-hybridized carbons (Fsp3) is 0.444. The Morgan fingerprint density at radius 3 is 2.12 bits per heavy atom. The molecule has 4 nitrogen and oxygen atoms in total. The highest BCUT2D eigenvalue weighted by molar-refractivity contribution is 6.62. The summed E-state index contributed by atoms with van der Waals surface area (Å²) < 4.78 is 47.5. The zero-order chi connectivity index (χ0) is 18.4. The largest absolute Gasteiger partial charge is 0.495 e. The molecule has 2 heterocycles. The summed E-state index contributed by atoms with van der Waals surface area (Å²) >= 11 is 0. The van der Waals surface area contributed by atoms with Gasteiger partial charge in [0.2, 0.25) is 0 Å². The highest BCUT2D eigenvalue weighted by Gasteiger charge is 2.51. The minimum absolute atomic E-state index is 0.0153. The molecule has 25 heavy (non-hydrogen) atoms. The second-order valence-electron chi connectivity index (χ2n) is 7.28. The third-order valence-corrected chi connectivity index (χ3v) is 4.99. The van der Waals surface area contributed by atoms with E-state index < -0.39 is 30.0 Å². The van der Waals surface area contributed by atoms with E-state index in [0.717, 1.165) is 0 Å². The van der Waals surface area contributed by atoms with E-state index in [1.54, 1.807) is 30.1 Å². The number of hydrogen-bond donors (Lipinski definition) is 0. The third-order valence-electron chi connectivity index (χ3n) is 4.99. The summed E-state index contributed by atoms with van der Waals surface area (Å²) in [6, 6.07) is 4.29. The van der Waals surface area contributed by atoms with Crippen molar-refractivity contribution in [2.24, 2.45) is 0 Å². The quantitative estimate of drug-likeness (QED) is 0.795. The summed E-state index contributed by atoms with van der Waals surface area (Å²) in [6.07, 6.45) is 3.39. The molecule has 0 saturated carbocycles. The average molecular weight is 349 g/mol. The van der Waals surface area contributed by atoms with E-state index in [2.05, 4.69) is 0 Å². The number of ether oxygens (including phenoxy) is 1. The second-order valence-corrected chi connectivity index (χ2v) is 7.28. The van der Waals surface area contributed by atoms with Gasteiger partial charge in [0.1, 0.15) is 17.4 Å². The summed E-state index contributed by atoms with van der Waals surface area (Å²) in [7, 11) is 0.745. The maximum absolute atomic E-state index is 14.5. The molecule has 1 aliphatic heterocycles. The molecule has 7 heteroatoms. The number of aromatic nitrogens is 1. The Hall–Kier alpha value is -1.86. The SMILES string of the molecule is COc1ccn(Cc2c(F)cc(B3OC(C)(C)C(C)(C)O3)cc2F)c1. The van der Waals surface area contributed by atoms with Crippen LogP contribution in [-0.2, 0) is 15.9 Å². The van der Waals surface area contributed by atoms with Crippen LogP contribution in [0.4, 0.5) is 8.78 Å². The predicted octanol–water partition coefficient (Wildman–Crippen LogP) is 3.12. The smallest absolute Gasteiger partial charge is 0.495 e. The van der Waals surface area contributed by atoms with Gasteiger partial charge in [-0.15, -0.1) is 0 Å². The van der Waals surface area contributed by atoms with Crippen LogP contribution in [0.1, 0.15) is 33.3 Å². The van der Waals surface area contributed by atoms with Crippen molar-refractivity contribution in [1.82, 2.24) is 4.57 Å². The molecule has 1 aromatic carbocycles. The van der Waals surface area contributed by atoms with Crippen LogP contribution in [-0.4, -0.2) is 30.0 Å². The van der Waals surface area contributed by atoms with Gasteiger partial charge in [0, 0.05) is 18.0 Å². The van der Waals surface area contributed by atoms with Crippen LogP contribution in [0.5, 0.6) is 5.75 Å². The monoisotopic (exact) mass is 349 g/mol. The molecule has 1 saturated heterocycles. The number of hydrogen-bond acceptors (Lipinski definition) is 3. The molecule has 0 radical (unpaired) electrons. The van der Waals surface area contributed by atoms with Crippen molar-refractivity contribution in [3.05, 3.63) is 47.8 Å². The lowest BCUT2D eigenvalue weighted by Crippen LogP contribution is -2.41. The zero-order valence-electron chi connectivity index (χ0n) is 15.1. The van der Waals surface area contributed by atoms with E-state index in [1.165, 1.54) is 12.1 Å². The minimum atomic E-state index is -0.797. The van der Waals surface area contributed by atoms with Crippen molar-refractivity contribution in [3.8, 4) is 5.75 Å². The highest BCUT2D eigenvalue weighted by Crippen LogP contribution is 2.36. The molecule has 1 aliphatic rings. The summed E-state index contributed by atoms with van der Waals surface area (Å²) in [6.45, 7) is 7.66. The molecule has 0 amide bonds. The van der Waals surface area contributed by atoms with Crippen LogP contribution in [0.25, 0.3) is 0 Å². The summed E-state index contributed by atoms with van der Waals surface area (Å²) in [5.41, 5.74) is -0.809. The molecule has 0 unspecified atom stereocenters.